The molecule has 7 nitrogen and oxygen atoms in total. The topological polar surface area (TPSA) is 81.9 Å². The van der Waals surface area contributed by atoms with Gasteiger partial charge in [0.1, 0.15) is 5.56 Å². The lowest BCUT2D eigenvalue weighted by Crippen LogP contribution is -2.30. The van der Waals surface area contributed by atoms with Gasteiger partial charge in [-0.3, -0.25) is 14.9 Å². The van der Waals surface area contributed by atoms with Gasteiger partial charge in [-0.2, -0.15) is 0 Å². The number of hydrogen-bond acceptors (Lipinski definition) is 5. The van der Waals surface area contributed by atoms with Crippen molar-refractivity contribution in [2.45, 2.75) is 19.9 Å². The fraction of sp³-hybridized carbons (Fsp3) is 0.316. The average Bonchev–Trinajstić information content (AvgIpc) is 2.66. The summed E-state index contributed by atoms with van der Waals surface area (Å²) in [4.78, 5) is 25.3. The van der Waals surface area contributed by atoms with Crippen molar-refractivity contribution in [3.63, 3.8) is 0 Å². The van der Waals surface area contributed by atoms with Crippen molar-refractivity contribution in [3.05, 3.63) is 62.7 Å². The minimum Gasteiger partial charge on any atom is -0.493 e. The summed E-state index contributed by atoms with van der Waals surface area (Å²) in [7, 11) is 3.01. The molecular weight excluding hydrogens is 372 g/mol. The summed E-state index contributed by atoms with van der Waals surface area (Å²) in [5.74, 6) is -0.0134. The van der Waals surface area contributed by atoms with E-state index in [1.165, 1.54) is 24.1 Å². The Morgan fingerprint density at radius 1 is 1.26 bits per heavy atom. The van der Waals surface area contributed by atoms with E-state index < -0.39 is 10.8 Å². The normalized spacial score (nSPS) is 11.6. The maximum absolute atomic E-state index is 13.0. The van der Waals surface area contributed by atoms with Crippen molar-refractivity contribution in [2.24, 2.45) is 0 Å². The second-order valence-corrected chi connectivity index (χ2v) is 6.29. The number of carbonyl (C=O) groups excluding carboxylic acids is 1. The first kappa shape index (κ1) is 20.5. The Balaban J connectivity index is 2.43. The highest BCUT2D eigenvalue weighted by molar-refractivity contribution is 6.30. The van der Waals surface area contributed by atoms with Crippen LogP contribution in [-0.4, -0.2) is 36.5 Å². The standard InChI is InChI=1S/C19H21ClN2O5/c1-5-27-18-11-16(22(24)25)15(10-17(18)26-4)19(23)21(3)12(2)13-6-8-14(20)9-7-13/h6-12H,5H2,1-4H3. The van der Waals surface area contributed by atoms with Crippen molar-refractivity contribution < 1.29 is 19.2 Å². The van der Waals surface area contributed by atoms with Gasteiger partial charge in [0.15, 0.2) is 11.5 Å². The van der Waals surface area contributed by atoms with Gasteiger partial charge in [-0.25, -0.2) is 0 Å². The van der Waals surface area contributed by atoms with Crippen LogP contribution in [0.5, 0.6) is 11.5 Å². The first-order chi connectivity index (χ1) is 12.8. The van der Waals surface area contributed by atoms with Crippen LogP contribution in [0.15, 0.2) is 36.4 Å². The maximum atomic E-state index is 13.0. The number of carbonyl (C=O) groups is 1. The highest BCUT2D eigenvalue weighted by Gasteiger charge is 2.29. The number of nitro benzene ring substituents is 1. The molecule has 144 valence electrons. The molecule has 1 unspecified atom stereocenters. The van der Waals surface area contributed by atoms with Gasteiger partial charge >= 0.3 is 0 Å². The summed E-state index contributed by atoms with van der Waals surface area (Å²) in [5, 5.41) is 12.1. The SMILES string of the molecule is CCOc1cc([N+](=O)[O-])c(C(=O)N(C)C(C)c2ccc(Cl)cc2)cc1OC. The predicted molar refractivity (Wildman–Crippen MR) is 103 cm³/mol. The number of amides is 1. The zero-order valence-electron chi connectivity index (χ0n) is 15.6. The number of ether oxygens (including phenoxy) is 2. The Labute approximate surface area is 162 Å². The molecule has 0 aliphatic heterocycles. The fourth-order valence-electron chi connectivity index (χ4n) is 2.63. The molecule has 0 aromatic heterocycles. The second kappa shape index (κ2) is 8.73. The van der Waals surface area contributed by atoms with Crippen molar-refractivity contribution >= 4 is 23.2 Å². The smallest absolute Gasteiger partial charge is 0.286 e. The third kappa shape index (κ3) is 4.49. The molecule has 0 radical (unpaired) electrons. The van der Waals surface area contributed by atoms with E-state index in [0.717, 1.165) is 5.56 Å². The van der Waals surface area contributed by atoms with E-state index in [2.05, 4.69) is 0 Å². The molecule has 0 aliphatic rings. The average molecular weight is 393 g/mol. The lowest BCUT2D eigenvalue weighted by molar-refractivity contribution is -0.385. The van der Waals surface area contributed by atoms with Crippen LogP contribution >= 0.6 is 11.6 Å². The summed E-state index contributed by atoms with van der Waals surface area (Å²) < 4.78 is 10.6. The van der Waals surface area contributed by atoms with E-state index in [9.17, 15) is 14.9 Å². The molecule has 0 spiro atoms. The highest BCUT2D eigenvalue weighted by atomic mass is 35.5. The molecule has 0 N–H and O–H groups in total. The number of halogens is 1. The van der Waals surface area contributed by atoms with E-state index in [-0.39, 0.29) is 28.8 Å². The van der Waals surface area contributed by atoms with E-state index in [1.807, 2.05) is 19.1 Å². The third-order valence-electron chi connectivity index (χ3n) is 4.26. The molecule has 1 atom stereocenters. The van der Waals surface area contributed by atoms with E-state index in [4.69, 9.17) is 21.1 Å². The minimum absolute atomic E-state index is 0.0661. The predicted octanol–water partition coefficient (Wildman–Crippen LogP) is 4.49. The highest BCUT2D eigenvalue weighted by Crippen LogP contribution is 2.36. The van der Waals surface area contributed by atoms with Gasteiger partial charge in [-0.05, 0) is 31.5 Å². The van der Waals surface area contributed by atoms with Crippen LogP contribution in [0.1, 0.15) is 35.8 Å². The molecule has 0 saturated carbocycles. The Bertz CT molecular complexity index is 839. The van der Waals surface area contributed by atoms with Gasteiger partial charge in [0.05, 0.1) is 30.7 Å². The van der Waals surface area contributed by atoms with Crippen molar-refractivity contribution in [2.75, 3.05) is 20.8 Å². The van der Waals surface area contributed by atoms with Crippen LogP contribution in [0.25, 0.3) is 0 Å². The molecule has 1 amide bonds. The molecule has 0 heterocycles. The van der Waals surface area contributed by atoms with Crippen LogP contribution in [0.4, 0.5) is 5.69 Å². The van der Waals surface area contributed by atoms with Crippen LogP contribution in [0.2, 0.25) is 5.02 Å². The maximum Gasteiger partial charge on any atom is 0.286 e. The van der Waals surface area contributed by atoms with Crippen molar-refractivity contribution in [1.82, 2.24) is 4.90 Å². The molecule has 8 heteroatoms. The number of rotatable bonds is 7. The molecule has 0 bridgehead atoms. The summed E-state index contributed by atoms with van der Waals surface area (Å²) in [6, 6.07) is 9.33. The van der Waals surface area contributed by atoms with Gasteiger partial charge in [0.25, 0.3) is 11.6 Å². The van der Waals surface area contributed by atoms with Crippen molar-refractivity contribution in [1.29, 1.82) is 0 Å². The molecule has 27 heavy (non-hydrogen) atoms. The Morgan fingerprint density at radius 3 is 2.41 bits per heavy atom. The Hall–Kier alpha value is -2.80. The van der Waals surface area contributed by atoms with E-state index in [1.54, 1.807) is 26.1 Å². The first-order valence-electron chi connectivity index (χ1n) is 8.32. The lowest BCUT2D eigenvalue weighted by Gasteiger charge is -2.25. The first-order valence-corrected chi connectivity index (χ1v) is 8.69. The molecule has 0 aliphatic carbocycles. The molecule has 2 rings (SSSR count). The van der Waals surface area contributed by atoms with Gasteiger partial charge < -0.3 is 14.4 Å². The summed E-state index contributed by atoms with van der Waals surface area (Å²) >= 11 is 5.90. The largest absolute Gasteiger partial charge is 0.493 e. The second-order valence-electron chi connectivity index (χ2n) is 5.85. The molecule has 2 aromatic rings. The Morgan fingerprint density at radius 2 is 1.89 bits per heavy atom. The van der Waals surface area contributed by atoms with Gasteiger partial charge in [0, 0.05) is 18.1 Å². The van der Waals surface area contributed by atoms with Crippen LogP contribution < -0.4 is 9.47 Å². The molecule has 2 aromatic carbocycles. The van der Waals surface area contributed by atoms with E-state index in [0.29, 0.717) is 11.6 Å². The Kier molecular flexibility index (Phi) is 6.63. The van der Waals surface area contributed by atoms with Crippen LogP contribution in [-0.2, 0) is 0 Å². The summed E-state index contributed by atoms with van der Waals surface area (Å²) in [6.45, 7) is 3.90. The van der Waals surface area contributed by atoms with Gasteiger partial charge in [0.2, 0.25) is 0 Å². The monoisotopic (exact) mass is 392 g/mol. The molecular formula is C19H21ClN2O5. The lowest BCUT2D eigenvalue weighted by atomic mass is 10.1. The van der Waals surface area contributed by atoms with E-state index >= 15 is 0 Å². The third-order valence-corrected chi connectivity index (χ3v) is 4.51. The summed E-state index contributed by atoms with van der Waals surface area (Å²) in [6.07, 6.45) is 0. The summed E-state index contributed by atoms with van der Waals surface area (Å²) in [5.41, 5.74) is 0.457. The van der Waals surface area contributed by atoms with Crippen molar-refractivity contribution in [3.8, 4) is 11.5 Å². The number of benzene rings is 2. The molecule has 0 fully saturated rings. The van der Waals surface area contributed by atoms with Crippen LogP contribution in [0, 0.1) is 10.1 Å². The molecule has 0 saturated heterocycles. The fourth-order valence-corrected chi connectivity index (χ4v) is 2.76. The number of nitrogens with zero attached hydrogens (tertiary/aromatic N) is 2. The number of hydrogen-bond donors (Lipinski definition) is 0. The number of methoxy groups -OCH3 is 1. The van der Waals surface area contributed by atoms with Gasteiger partial charge in [-0.15, -0.1) is 0 Å². The minimum atomic E-state index is -0.601. The number of nitro groups is 1. The van der Waals surface area contributed by atoms with Gasteiger partial charge in [-0.1, -0.05) is 23.7 Å². The zero-order valence-corrected chi connectivity index (χ0v) is 16.3. The van der Waals surface area contributed by atoms with Crippen LogP contribution in [0.3, 0.4) is 0 Å². The zero-order chi connectivity index (χ0) is 20.1. The quantitative estimate of drug-likeness (QED) is 0.512.